The molecule has 0 atom stereocenters. The molecule has 0 spiro atoms. The summed E-state index contributed by atoms with van der Waals surface area (Å²) in [5, 5.41) is 0. The summed E-state index contributed by atoms with van der Waals surface area (Å²) in [5.74, 6) is 2.29. The number of unbranched alkanes of at least 4 members (excludes halogenated alkanes) is 7. The lowest BCUT2D eigenvalue weighted by Crippen LogP contribution is -2.33. The molecule has 0 aromatic heterocycles. The van der Waals surface area contributed by atoms with Gasteiger partial charge < -0.3 is 9.47 Å². The molecule has 0 unspecified atom stereocenters. The van der Waals surface area contributed by atoms with Crippen molar-refractivity contribution in [2.45, 2.75) is 90.9 Å². The summed E-state index contributed by atoms with van der Waals surface area (Å²) >= 11 is 0. The van der Waals surface area contributed by atoms with Crippen molar-refractivity contribution < 1.29 is 14.3 Å². The van der Waals surface area contributed by atoms with Crippen molar-refractivity contribution in [2.24, 2.45) is 11.8 Å². The second kappa shape index (κ2) is 14.1. The zero-order chi connectivity index (χ0) is 23.3. The fourth-order valence-corrected chi connectivity index (χ4v) is 4.58. The van der Waals surface area contributed by atoms with Crippen molar-refractivity contribution >= 4 is 5.97 Å². The molecule has 3 nitrogen and oxygen atoms in total. The number of esters is 1. The lowest BCUT2D eigenvalue weighted by Gasteiger charge is -2.33. The molecule has 0 amide bonds. The zero-order valence-electron chi connectivity index (χ0n) is 20.7. The molecule has 0 N–H and O–H groups in total. The molecule has 0 bridgehead atoms. The van der Waals surface area contributed by atoms with E-state index in [4.69, 9.17) is 9.47 Å². The monoisotopic (exact) mass is 450 g/mol. The largest absolute Gasteiger partial charge is 0.494 e. The molecule has 3 heteroatoms. The van der Waals surface area contributed by atoms with Gasteiger partial charge in [0.05, 0.1) is 12.5 Å². The quantitative estimate of drug-likeness (QED) is 0.155. The van der Waals surface area contributed by atoms with Crippen LogP contribution in [0.1, 0.15) is 90.9 Å². The van der Waals surface area contributed by atoms with Crippen LogP contribution in [0, 0.1) is 11.8 Å². The summed E-state index contributed by atoms with van der Waals surface area (Å²) in [7, 11) is 0. The third-order valence-electron chi connectivity index (χ3n) is 6.81. The van der Waals surface area contributed by atoms with Crippen molar-refractivity contribution in [3.8, 4) is 22.6 Å². The Kier molecular flexibility index (Phi) is 10.8. The average Bonchev–Trinajstić information content (AvgIpc) is 2.81. The molecule has 2 aromatic carbocycles. The summed E-state index contributed by atoms with van der Waals surface area (Å²) in [5.41, 5.74) is 2.24. The standard InChI is InChI=1S/C30H42O3/c1-3-5-7-8-9-11-21-32-28-17-13-25(14-18-28)26-15-19-29(20-16-26)33-30(31)27-22-24(23-27)12-10-6-4-2/h13-20,24,27H,3-12,21-23H2,1-2H3. The van der Waals surface area contributed by atoms with Crippen LogP contribution in [0.25, 0.3) is 11.1 Å². The Morgan fingerprint density at radius 1 is 0.727 bits per heavy atom. The molecule has 1 saturated carbocycles. The molecule has 33 heavy (non-hydrogen) atoms. The van der Waals surface area contributed by atoms with E-state index in [-0.39, 0.29) is 11.9 Å². The smallest absolute Gasteiger partial charge is 0.314 e. The Hall–Kier alpha value is -2.29. The highest BCUT2D eigenvalue weighted by Gasteiger charge is 2.35. The van der Waals surface area contributed by atoms with Crippen LogP contribution in [-0.2, 0) is 4.79 Å². The predicted octanol–water partition coefficient (Wildman–Crippen LogP) is 8.60. The predicted molar refractivity (Wildman–Crippen MR) is 137 cm³/mol. The van der Waals surface area contributed by atoms with Crippen molar-refractivity contribution in [2.75, 3.05) is 6.61 Å². The van der Waals surface area contributed by atoms with Gasteiger partial charge in [0.2, 0.25) is 0 Å². The molecule has 0 saturated heterocycles. The Morgan fingerprint density at radius 3 is 1.91 bits per heavy atom. The number of ether oxygens (including phenoxy) is 2. The van der Waals surface area contributed by atoms with E-state index in [1.807, 2.05) is 36.4 Å². The first-order valence-corrected chi connectivity index (χ1v) is 13.2. The topological polar surface area (TPSA) is 35.5 Å². The summed E-state index contributed by atoms with van der Waals surface area (Å²) in [6.07, 6.45) is 14.7. The van der Waals surface area contributed by atoms with E-state index in [2.05, 4.69) is 26.0 Å². The van der Waals surface area contributed by atoms with Crippen LogP contribution in [0.3, 0.4) is 0 Å². The zero-order valence-corrected chi connectivity index (χ0v) is 20.7. The summed E-state index contributed by atoms with van der Waals surface area (Å²) in [6.45, 7) is 5.26. The fourth-order valence-electron chi connectivity index (χ4n) is 4.58. The van der Waals surface area contributed by atoms with Gasteiger partial charge in [-0.2, -0.15) is 0 Å². The van der Waals surface area contributed by atoms with Gasteiger partial charge in [-0.05, 0) is 60.6 Å². The van der Waals surface area contributed by atoms with Crippen LogP contribution in [0.5, 0.6) is 11.5 Å². The van der Waals surface area contributed by atoms with Gasteiger partial charge in [-0.15, -0.1) is 0 Å². The van der Waals surface area contributed by atoms with Gasteiger partial charge in [0, 0.05) is 0 Å². The van der Waals surface area contributed by atoms with Gasteiger partial charge in [-0.25, -0.2) is 0 Å². The minimum Gasteiger partial charge on any atom is -0.494 e. The minimum atomic E-state index is -0.0682. The summed E-state index contributed by atoms with van der Waals surface area (Å²) in [4.78, 5) is 12.4. The van der Waals surface area contributed by atoms with Gasteiger partial charge in [0.25, 0.3) is 0 Å². The highest BCUT2D eigenvalue weighted by atomic mass is 16.5. The maximum atomic E-state index is 12.4. The third-order valence-corrected chi connectivity index (χ3v) is 6.81. The van der Waals surface area contributed by atoms with Gasteiger partial charge in [0.1, 0.15) is 11.5 Å². The molecule has 1 fully saturated rings. The van der Waals surface area contributed by atoms with Crippen LogP contribution in [0.2, 0.25) is 0 Å². The number of carbonyl (C=O) groups excluding carboxylic acids is 1. The Morgan fingerprint density at radius 2 is 1.27 bits per heavy atom. The summed E-state index contributed by atoms with van der Waals surface area (Å²) < 4.78 is 11.5. The lowest BCUT2D eigenvalue weighted by atomic mass is 9.72. The second-order valence-corrected chi connectivity index (χ2v) is 9.62. The first kappa shape index (κ1) is 25.3. The number of carbonyl (C=O) groups is 1. The van der Waals surface area contributed by atoms with Gasteiger partial charge in [-0.3, -0.25) is 4.79 Å². The normalized spacial score (nSPS) is 17.4. The molecule has 0 aliphatic heterocycles. The van der Waals surface area contributed by atoms with Crippen LogP contribution >= 0.6 is 0 Å². The van der Waals surface area contributed by atoms with Crippen LogP contribution in [0.4, 0.5) is 0 Å². The highest BCUT2D eigenvalue weighted by Crippen LogP contribution is 2.38. The van der Waals surface area contributed by atoms with Crippen molar-refractivity contribution in [3.05, 3.63) is 48.5 Å². The minimum absolute atomic E-state index is 0.0682. The van der Waals surface area contributed by atoms with Crippen molar-refractivity contribution in [1.29, 1.82) is 0 Å². The molecular weight excluding hydrogens is 408 g/mol. The Labute approximate surface area is 200 Å². The van der Waals surface area contributed by atoms with Crippen LogP contribution < -0.4 is 9.47 Å². The van der Waals surface area contributed by atoms with E-state index >= 15 is 0 Å². The average molecular weight is 451 g/mol. The SMILES string of the molecule is CCCCCCCCOc1ccc(-c2ccc(OC(=O)C3CC(CCCCC)C3)cc2)cc1. The third kappa shape index (κ3) is 8.53. The second-order valence-electron chi connectivity index (χ2n) is 9.62. The highest BCUT2D eigenvalue weighted by molar-refractivity contribution is 5.76. The lowest BCUT2D eigenvalue weighted by molar-refractivity contribution is -0.143. The molecule has 3 rings (SSSR count). The molecule has 1 aliphatic rings. The molecule has 180 valence electrons. The maximum absolute atomic E-state index is 12.4. The van der Waals surface area contributed by atoms with E-state index in [0.29, 0.717) is 11.7 Å². The van der Waals surface area contributed by atoms with Gasteiger partial charge >= 0.3 is 5.97 Å². The number of rotatable bonds is 15. The first-order chi connectivity index (χ1) is 16.2. The van der Waals surface area contributed by atoms with E-state index in [9.17, 15) is 4.79 Å². The van der Waals surface area contributed by atoms with Gasteiger partial charge in [-0.1, -0.05) is 95.9 Å². The van der Waals surface area contributed by atoms with Crippen LogP contribution in [0.15, 0.2) is 48.5 Å². The molecular formula is C30H42O3. The van der Waals surface area contributed by atoms with E-state index in [1.54, 1.807) is 0 Å². The first-order valence-electron chi connectivity index (χ1n) is 13.2. The number of hydrogen-bond acceptors (Lipinski definition) is 3. The summed E-state index contributed by atoms with van der Waals surface area (Å²) in [6, 6.07) is 16.1. The van der Waals surface area contributed by atoms with E-state index < -0.39 is 0 Å². The van der Waals surface area contributed by atoms with Gasteiger partial charge in [0.15, 0.2) is 0 Å². The molecule has 0 heterocycles. The number of hydrogen-bond donors (Lipinski definition) is 0. The fraction of sp³-hybridized carbons (Fsp3) is 0.567. The number of benzene rings is 2. The van der Waals surface area contributed by atoms with Crippen molar-refractivity contribution in [3.63, 3.8) is 0 Å². The molecule has 0 radical (unpaired) electrons. The van der Waals surface area contributed by atoms with Crippen LogP contribution in [-0.4, -0.2) is 12.6 Å². The maximum Gasteiger partial charge on any atom is 0.314 e. The Bertz CT molecular complexity index is 803. The van der Waals surface area contributed by atoms with E-state index in [0.717, 1.165) is 42.7 Å². The van der Waals surface area contributed by atoms with E-state index in [1.165, 1.54) is 57.8 Å². The van der Waals surface area contributed by atoms with Crippen molar-refractivity contribution in [1.82, 2.24) is 0 Å². The molecule has 1 aliphatic carbocycles. The Balaban J connectivity index is 1.38. The molecule has 2 aromatic rings.